The minimum atomic E-state index is -0.489. The first-order chi connectivity index (χ1) is 9.13. The molecule has 0 radical (unpaired) electrons. The predicted molar refractivity (Wildman–Crippen MR) is 68.1 cm³/mol. The van der Waals surface area contributed by atoms with Crippen molar-refractivity contribution in [2.24, 2.45) is 0 Å². The first kappa shape index (κ1) is 11.3. The van der Waals surface area contributed by atoms with Crippen LogP contribution in [0.5, 0.6) is 0 Å². The number of benzene rings is 1. The van der Waals surface area contributed by atoms with Gasteiger partial charge in [-0.2, -0.15) is 0 Å². The molecule has 0 unspecified atom stereocenters. The third kappa shape index (κ3) is 2.03. The van der Waals surface area contributed by atoms with Crippen LogP contribution >= 0.6 is 0 Å². The Morgan fingerprint density at radius 3 is 2.63 bits per heavy atom. The van der Waals surface area contributed by atoms with Crippen LogP contribution in [-0.2, 0) is 0 Å². The quantitative estimate of drug-likeness (QED) is 0.565. The van der Waals surface area contributed by atoms with Crippen LogP contribution in [0.2, 0.25) is 0 Å². The highest BCUT2D eigenvalue weighted by Crippen LogP contribution is 2.25. The summed E-state index contributed by atoms with van der Waals surface area (Å²) in [6.07, 6.45) is 1.20. The van der Waals surface area contributed by atoms with Crippen molar-refractivity contribution in [3.8, 4) is 11.3 Å². The number of hydrogen-bond donors (Lipinski definition) is 1. The number of halogens is 1. The summed E-state index contributed by atoms with van der Waals surface area (Å²) in [5.41, 5.74) is 2.03. The molecule has 3 aromatic rings. The van der Waals surface area contributed by atoms with Crippen molar-refractivity contribution in [1.82, 2.24) is 9.97 Å². The summed E-state index contributed by atoms with van der Waals surface area (Å²) in [6, 6.07) is 9.19. The third-order valence-electron chi connectivity index (χ3n) is 2.82. The molecular weight excluding hydrogens is 249 g/mol. The number of nitro groups is 1. The number of nitrogens with zero attached hydrogens (tertiary/aromatic N) is 2. The van der Waals surface area contributed by atoms with Gasteiger partial charge in [0.25, 0.3) is 5.69 Å². The fourth-order valence-electron chi connectivity index (χ4n) is 1.89. The Morgan fingerprint density at radius 1 is 1.21 bits per heavy atom. The molecule has 94 valence electrons. The maximum Gasteiger partial charge on any atom is 0.288 e. The lowest BCUT2D eigenvalue weighted by atomic mass is 10.1. The molecule has 0 aliphatic heterocycles. The topological polar surface area (TPSA) is 71.8 Å². The summed E-state index contributed by atoms with van der Waals surface area (Å²) >= 11 is 0. The summed E-state index contributed by atoms with van der Waals surface area (Å²) in [6.45, 7) is 0. The van der Waals surface area contributed by atoms with Gasteiger partial charge in [0, 0.05) is 17.1 Å². The van der Waals surface area contributed by atoms with Crippen molar-refractivity contribution < 1.29 is 9.31 Å². The van der Waals surface area contributed by atoms with Crippen molar-refractivity contribution >= 4 is 16.7 Å². The van der Waals surface area contributed by atoms with Crippen LogP contribution in [0.25, 0.3) is 22.3 Å². The molecule has 2 aromatic heterocycles. The lowest BCUT2D eigenvalue weighted by molar-refractivity contribution is -0.385. The van der Waals surface area contributed by atoms with Crippen LogP contribution < -0.4 is 0 Å². The number of nitrogens with one attached hydrogen (secondary N) is 1. The first-order valence-electron chi connectivity index (χ1n) is 5.52. The summed E-state index contributed by atoms with van der Waals surface area (Å²) in [4.78, 5) is 17.2. The van der Waals surface area contributed by atoms with Gasteiger partial charge in [0.1, 0.15) is 17.7 Å². The molecule has 6 heteroatoms. The fraction of sp³-hybridized carbons (Fsp3) is 0. The molecule has 0 fully saturated rings. The predicted octanol–water partition coefficient (Wildman–Crippen LogP) is 3.28. The highest BCUT2D eigenvalue weighted by Gasteiger charge is 2.10. The number of aromatic amines is 1. The molecule has 0 bridgehead atoms. The number of pyridine rings is 1. The van der Waals surface area contributed by atoms with Crippen LogP contribution in [0.1, 0.15) is 0 Å². The van der Waals surface area contributed by atoms with Crippen LogP contribution in [0, 0.1) is 15.9 Å². The zero-order chi connectivity index (χ0) is 13.4. The van der Waals surface area contributed by atoms with Gasteiger partial charge in [0.2, 0.25) is 0 Å². The second kappa shape index (κ2) is 4.16. The largest absolute Gasteiger partial charge is 0.339 e. The summed E-state index contributed by atoms with van der Waals surface area (Å²) < 4.78 is 12.9. The van der Waals surface area contributed by atoms with E-state index in [1.54, 1.807) is 18.2 Å². The van der Waals surface area contributed by atoms with Crippen molar-refractivity contribution in [1.29, 1.82) is 0 Å². The Bertz CT molecular complexity index is 765. The zero-order valence-corrected chi connectivity index (χ0v) is 9.63. The van der Waals surface area contributed by atoms with E-state index in [0.717, 1.165) is 11.3 Å². The van der Waals surface area contributed by atoms with Crippen molar-refractivity contribution in [3.05, 3.63) is 58.5 Å². The normalized spacial score (nSPS) is 10.8. The van der Waals surface area contributed by atoms with Crippen LogP contribution in [0.3, 0.4) is 0 Å². The molecule has 3 rings (SSSR count). The minimum Gasteiger partial charge on any atom is -0.339 e. The molecular formula is C13H8FN3O2. The number of aromatic nitrogens is 2. The number of rotatable bonds is 2. The summed E-state index contributed by atoms with van der Waals surface area (Å²) in [5.74, 6) is -0.311. The lowest BCUT2D eigenvalue weighted by Crippen LogP contribution is -1.88. The standard InChI is InChI=1S/C13H8FN3O2/c14-10-3-1-8(2-4-10)12-6-9-5-11(17(18)19)7-15-13(9)16-12/h1-7H,(H,15,16). The molecule has 0 saturated carbocycles. The average Bonchev–Trinajstić information content (AvgIpc) is 2.82. The Kier molecular flexibility index (Phi) is 2.49. The maximum atomic E-state index is 12.9. The van der Waals surface area contributed by atoms with Gasteiger partial charge in [0.05, 0.1) is 4.92 Å². The molecule has 0 atom stereocenters. The monoisotopic (exact) mass is 257 g/mol. The van der Waals surface area contributed by atoms with E-state index in [2.05, 4.69) is 9.97 Å². The van der Waals surface area contributed by atoms with Gasteiger partial charge in [0.15, 0.2) is 0 Å². The van der Waals surface area contributed by atoms with Gasteiger partial charge >= 0.3 is 0 Å². The van der Waals surface area contributed by atoms with E-state index in [-0.39, 0.29) is 11.5 Å². The zero-order valence-electron chi connectivity index (χ0n) is 9.63. The second-order valence-electron chi connectivity index (χ2n) is 4.08. The summed E-state index contributed by atoms with van der Waals surface area (Å²) in [5, 5.41) is 11.3. The smallest absolute Gasteiger partial charge is 0.288 e. The average molecular weight is 257 g/mol. The Balaban J connectivity index is 2.11. The van der Waals surface area contributed by atoms with E-state index >= 15 is 0 Å². The molecule has 0 amide bonds. The van der Waals surface area contributed by atoms with E-state index < -0.39 is 4.92 Å². The molecule has 5 nitrogen and oxygen atoms in total. The van der Waals surface area contributed by atoms with E-state index in [9.17, 15) is 14.5 Å². The maximum absolute atomic E-state index is 12.9. The van der Waals surface area contributed by atoms with Gasteiger partial charge in [-0.05, 0) is 35.9 Å². The molecule has 0 aliphatic carbocycles. The number of fused-ring (bicyclic) bond motifs is 1. The third-order valence-corrected chi connectivity index (χ3v) is 2.82. The Hall–Kier alpha value is -2.76. The van der Waals surface area contributed by atoms with Crippen molar-refractivity contribution in [2.75, 3.05) is 0 Å². The van der Waals surface area contributed by atoms with E-state index in [1.807, 2.05) is 0 Å². The Morgan fingerprint density at radius 2 is 1.95 bits per heavy atom. The molecule has 0 saturated heterocycles. The van der Waals surface area contributed by atoms with E-state index in [1.165, 1.54) is 24.4 Å². The highest BCUT2D eigenvalue weighted by molar-refractivity contribution is 5.84. The second-order valence-corrected chi connectivity index (χ2v) is 4.08. The number of H-pyrrole nitrogens is 1. The molecule has 1 N–H and O–H groups in total. The fourth-order valence-corrected chi connectivity index (χ4v) is 1.89. The highest BCUT2D eigenvalue weighted by atomic mass is 19.1. The van der Waals surface area contributed by atoms with Gasteiger partial charge < -0.3 is 4.98 Å². The molecule has 2 heterocycles. The van der Waals surface area contributed by atoms with Crippen LogP contribution in [0.15, 0.2) is 42.6 Å². The van der Waals surface area contributed by atoms with Crippen molar-refractivity contribution in [3.63, 3.8) is 0 Å². The van der Waals surface area contributed by atoms with E-state index in [4.69, 9.17) is 0 Å². The van der Waals surface area contributed by atoms with Gasteiger partial charge in [-0.3, -0.25) is 10.1 Å². The molecule has 19 heavy (non-hydrogen) atoms. The van der Waals surface area contributed by atoms with Gasteiger partial charge in [-0.1, -0.05) is 0 Å². The van der Waals surface area contributed by atoms with E-state index in [0.29, 0.717) is 11.0 Å². The van der Waals surface area contributed by atoms with Crippen molar-refractivity contribution in [2.45, 2.75) is 0 Å². The molecule has 0 spiro atoms. The minimum absolute atomic E-state index is 0.0582. The molecule has 1 aromatic carbocycles. The summed E-state index contributed by atoms with van der Waals surface area (Å²) in [7, 11) is 0. The molecule has 0 aliphatic rings. The Labute approximate surface area is 106 Å². The number of hydrogen-bond acceptors (Lipinski definition) is 3. The van der Waals surface area contributed by atoms with Crippen LogP contribution in [-0.4, -0.2) is 14.9 Å². The SMILES string of the molecule is O=[N+]([O-])c1cnc2[nH]c(-c3ccc(F)cc3)cc2c1. The van der Waals surface area contributed by atoms with Crippen LogP contribution in [0.4, 0.5) is 10.1 Å². The lowest BCUT2D eigenvalue weighted by Gasteiger charge is -1.96. The van der Waals surface area contributed by atoms with Gasteiger partial charge in [-0.25, -0.2) is 9.37 Å². The van der Waals surface area contributed by atoms with Gasteiger partial charge in [-0.15, -0.1) is 0 Å². The first-order valence-corrected chi connectivity index (χ1v) is 5.52.